The molecule has 2 heterocycles. The van der Waals surface area contributed by atoms with Crippen LogP contribution in [0.3, 0.4) is 0 Å². The van der Waals surface area contributed by atoms with Gasteiger partial charge in [-0.2, -0.15) is 0 Å². The maximum absolute atomic E-state index is 12.8. The highest BCUT2D eigenvalue weighted by molar-refractivity contribution is 5.77. The lowest BCUT2D eigenvalue weighted by atomic mass is 9.72. The second-order valence-electron chi connectivity index (χ2n) is 8.51. The van der Waals surface area contributed by atoms with Gasteiger partial charge in [-0.05, 0) is 41.7 Å². The SMILES string of the molecule is COc1ccc(-c2ccc(C3[C@H]4CNC[C@@H]3N4C(=O)NC3CCCC3)cc2)cc1. The van der Waals surface area contributed by atoms with Gasteiger partial charge in [-0.1, -0.05) is 49.2 Å². The summed E-state index contributed by atoms with van der Waals surface area (Å²) in [6.07, 6.45) is 4.73. The van der Waals surface area contributed by atoms with Gasteiger partial charge >= 0.3 is 6.03 Å². The second-order valence-corrected chi connectivity index (χ2v) is 8.51. The first-order valence-corrected chi connectivity index (χ1v) is 10.8. The van der Waals surface area contributed by atoms with E-state index in [0.29, 0.717) is 12.0 Å². The molecule has 152 valence electrons. The number of piperazine rings is 1. The van der Waals surface area contributed by atoms with Gasteiger partial charge in [-0.15, -0.1) is 0 Å². The predicted molar refractivity (Wildman–Crippen MR) is 114 cm³/mol. The van der Waals surface area contributed by atoms with E-state index in [-0.39, 0.29) is 18.1 Å². The minimum atomic E-state index is 0.138. The molecule has 1 saturated carbocycles. The van der Waals surface area contributed by atoms with Gasteiger partial charge in [0.15, 0.2) is 0 Å². The summed E-state index contributed by atoms with van der Waals surface area (Å²) >= 11 is 0. The van der Waals surface area contributed by atoms with Gasteiger partial charge in [-0.3, -0.25) is 0 Å². The Balaban J connectivity index is 1.29. The fourth-order valence-electron chi connectivity index (χ4n) is 5.32. The predicted octanol–water partition coefficient (Wildman–Crippen LogP) is 3.75. The fourth-order valence-corrected chi connectivity index (χ4v) is 5.32. The zero-order chi connectivity index (χ0) is 19.8. The van der Waals surface area contributed by atoms with Crippen molar-refractivity contribution in [2.75, 3.05) is 20.2 Å². The van der Waals surface area contributed by atoms with Gasteiger partial charge in [0.05, 0.1) is 19.2 Å². The Morgan fingerprint density at radius 3 is 2.14 bits per heavy atom. The molecule has 0 spiro atoms. The summed E-state index contributed by atoms with van der Waals surface area (Å²) in [5.74, 6) is 1.30. The first-order valence-electron chi connectivity index (χ1n) is 10.8. The summed E-state index contributed by atoms with van der Waals surface area (Å²) in [6.45, 7) is 1.75. The smallest absolute Gasteiger partial charge is 0.318 e. The number of nitrogens with one attached hydrogen (secondary N) is 2. The number of amides is 2. The molecular weight excluding hydrogens is 362 g/mol. The highest BCUT2D eigenvalue weighted by atomic mass is 16.5. The number of fused-ring (bicyclic) bond motifs is 2. The molecule has 3 fully saturated rings. The van der Waals surface area contributed by atoms with Gasteiger partial charge in [0.25, 0.3) is 0 Å². The number of likely N-dealkylation sites (tertiary alicyclic amines) is 1. The van der Waals surface area contributed by atoms with Crippen LogP contribution in [-0.4, -0.2) is 49.3 Å². The number of urea groups is 1. The third-order valence-electron chi connectivity index (χ3n) is 6.89. The summed E-state index contributed by atoms with van der Waals surface area (Å²) in [5.41, 5.74) is 3.73. The summed E-state index contributed by atoms with van der Waals surface area (Å²) in [6, 6.07) is 18.0. The highest BCUT2D eigenvalue weighted by Crippen LogP contribution is 2.43. The van der Waals surface area contributed by atoms with Crippen LogP contribution in [0.5, 0.6) is 5.75 Å². The van der Waals surface area contributed by atoms with Gasteiger partial charge in [0.1, 0.15) is 5.75 Å². The summed E-state index contributed by atoms with van der Waals surface area (Å²) in [7, 11) is 1.69. The molecule has 2 amide bonds. The van der Waals surface area contributed by atoms with Gasteiger partial charge in [-0.25, -0.2) is 4.79 Å². The molecule has 2 bridgehead atoms. The van der Waals surface area contributed by atoms with E-state index in [1.165, 1.54) is 29.5 Å². The van der Waals surface area contributed by atoms with Crippen molar-refractivity contribution in [3.05, 3.63) is 54.1 Å². The van der Waals surface area contributed by atoms with E-state index < -0.39 is 0 Å². The fraction of sp³-hybridized carbons (Fsp3) is 0.458. The largest absolute Gasteiger partial charge is 0.497 e. The Morgan fingerprint density at radius 2 is 1.55 bits per heavy atom. The lowest BCUT2D eigenvalue weighted by Crippen LogP contribution is -2.75. The molecule has 1 aliphatic carbocycles. The first kappa shape index (κ1) is 18.5. The lowest BCUT2D eigenvalue weighted by Gasteiger charge is -2.59. The number of carbonyl (C=O) groups is 1. The Hall–Kier alpha value is -2.53. The molecular formula is C24H29N3O2. The molecule has 0 aromatic heterocycles. The van der Waals surface area contributed by atoms with Crippen LogP contribution >= 0.6 is 0 Å². The maximum Gasteiger partial charge on any atom is 0.318 e. The molecule has 3 aliphatic rings. The molecule has 5 nitrogen and oxygen atoms in total. The first-order chi connectivity index (χ1) is 14.2. The minimum Gasteiger partial charge on any atom is -0.497 e. The van der Waals surface area contributed by atoms with Crippen LogP contribution in [0.2, 0.25) is 0 Å². The van der Waals surface area contributed by atoms with Gasteiger partial charge < -0.3 is 20.3 Å². The van der Waals surface area contributed by atoms with Crippen molar-refractivity contribution in [2.24, 2.45) is 0 Å². The average molecular weight is 392 g/mol. The molecule has 5 rings (SSSR count). The van der Waals surface area contributed by atoms with E-state index in [0.717, 1.165) is 31.7 Å². The topological polar surface area (TPSA) is 53.6 Å². The molecule has 29 heavy (non-hydrogen) atoms. The van der Waals surface area contributed by atoms with Crippen molar-refractivity contribution in [2.45, 2.75) is 49.7 Å². The Morgan fingerprint density at radius 1 is 0.966 bits per heavy atom. The van der Waals surface area contributed by atoms with Crippen LogP contribution in [0.25, 0.3) is 11.1 Å². The van der Waals surface area contributed by atoms with Crippen LogP contribution in [0.4, 0.5) is 4.79 Å². The number of hydrogen-bond acceptors (Lipinski definition) is 3. The molecule has 2 N–H and O–H groups in total. The molecule has 0 radical (unpaired) electrons. The van der Waals surface area contributed by atoms with E-state index >= 15 is 0 Å². The average Bonchev–Trinajstić information content (AvgIpc) is 3.28. The van der Waals surface area contributed by atoms with Crippen LogP contribution in [-0.2, 0) is 0 Å². The summed E-state index contributed by atoms with van der Waals surface area (Å²) < 4.78 is 5.25. The van der Waals surface area contributed by atoms with Gasteiger partial charge in [0, 0.05) is 25.0 Å². The molecule has 2 aromatic rings. The zero-order valence-electron chi connectivity index (χ0n) is 16.9. The van der Waals surface area contributed by atoms with Crippen molar-refractivity contribution in [3.8, 4) is 16.9 Å². The van der Waals surface area contributed by atoms with Gasteiger partial charge in [0.2, 0.25) is 0 Å². The molecule has 5 heteroatoms. The lowest BCUT2D eigenvalue weighted by molar-refractivity contribution is -0.00443. The number of nitrogens with zero attached hydrogens (tertiary/aromatic N) is 1. The van der Waals surface area contributed by atoms with E-state index in [4.69, 9.17) is 4.74 Å². The molecule has 2 saturated heterocycles. The minimum absolute atomic E-state index is 0.138. The third kappa shape index (κ3) is 3.38. The molecule has 3 atom stereocenters. The molecule has 1 unspecified atom stereocenters. The van der Waals surface area contributed by atoms with E-state index in [1.807, 2.05) is 12.1 Å². The summed E-state index contributed by atoms with van der Waals surface area (Å²) in [5, 5.41) is 6.75. The van der Waals surface area contributed by atoms with Crippen LogP contribution in [0.1, 0.15) is 37.2 Å². The van der Waals surface area contributed by atoms with Crippen molar-refractivity contribution in [3.63, 3.8) is 0 Å². The number of hydrogen-bond donors (Lipinski definition) is 2. The van der Waals surface area contributed by atoms with E-state index in [1.54, 1.807) is 7.11 Å². The standard InChI is InChI=1S/C24H29N3O2/c1-29-20-12-10-17(11-13-20)16-6-8-18(9-7-16)23-21-14-25-15-22(23)27(21)24(28)26-19-4-2-3-5-19/h6-13,19,21-23,25H,2-5,14-15H2,1H3,(H,26,28)/t21-,22+,23?. The molecule has 2 aliphatic heterocycles. The normalized spacial score (nSPS) is 26.1. The van der Waals surface area contributed by atoms with Crippen molar-refractivity contribution in [1.29, 1.82) is 0 Å². The Kier molecular flexibility index (Phi) is 4.92. The van der Waals surface area contributed by atoms with E-state index in [2.05, 4.69) is 51.9 Å². The zero-order valence-corrected chi connectivity index (χ0v) is 16.9. The molecule has 2 aromatic carbocycles. The van der Waals surface area contributed by atoms with Crippen molar-refractivity contribution < 1.29 is 9.53 Å². The highest BCUT2D eigenvalue weighted by Gasteiger charge is 2.53. The number of rotatable bonds is 4. The number of piperidine rings is 1. The van der Waals surface area contributed by atoms with Crippen molar-refractivity contribution >= 4 is 6.03 Å². The van der Waals surface area contributed by atoms with Crippen LogP contribution < -0.4 is 15.4 Å². The van der Waals surface area contributed by atoms with Crippen LogP contribution in [0, 0.1) is 0 Å². The quantitative estimate of drug-likeness (QED) is 0.835. The third-order valence-corrected chi connectivity index (χ3v) is 6.89. The number of carbonyl (C=O) groups excluding carboxylic acids is 1. The Bertz CT molecular complexity index is 847. The number of ether oxygens (including phenoxy) is 1. The monoisotopic (exact) mass is 391 g/mol. The van der Waals surface area contributed by atoms with Crippen molar-refractivity contribution in [1.82, 2.24) is 15.5 Å². The second kappa shape index (κ2) is 7.71. The maximum atomic E-state index is 12.8. The number of methoxy groups -OCH3 is 1. The van der Waals surface area contributed by atoms with Crippen LogP contribution in [0.15, 0.2) is 48.5 Å². The van der Waals surface area contributed by atoms with E-state index in [9.17, 15) is 4.79 Å². The Labute approximate surface area is 172 Å². The number of benzene rings is 2. The summed E-state index contributed by atoms with van der Waals surface area (Å²) in [4.78, 5) is 14.9.